The van der Waals surface area contributed by atoms with Crippen LogP contribution in [0.15, 0.2) is 0 Å². The minimum atomic E-state index is -0.333. The molecule has 0 heterocycles. The van der Waals surface area contributed by atoms with Crippen LogP contribution in [0.4, 0.5) is 0 Å². The monoisotopic (exact) mass is 87.0 g/mol. The van der Waals surface area contributed by atoms with Crippen LogP contribution < -0.4 is 35.1 Å². The van der Waals surface area contributed by atoms with Gasteiger partial charge >= 0.3 is 29.6 Å². The van der Waals surface area contributed by atoms with Crippen LogP contribution in [0.25, 0.3) is 0 Å². The molecule has 2 N–H and O–H groups in total. The van der Waals surface area contributed by atoms with E-state index in [0.717, 1.165) is 0 Å². The first-order chi connectivity index (χ1) is 1.41. The first-order valence-corrected chi connectivity index (χ1v) is 1.32. The molecule has 0 atom stereocenters. The minimum Gasteiger partial charge on any atom is -1.00 e. The summed E-state index contributed by atoms with van der Waals surface area (Å²) in [6.07, 6.45) is 0. The fraction of sp³-hybridized carbons (Fsp3) is 0. The van der Waals surface area contributed by atoms with Gasteiger partial charge < -0.3 is 1.43 Å². The maximum atomic E-state index is 8.68. The molecule has 0 fully saturated rings. The Morgan fingerprint density at radius 1 is 2.00 bits per heavy atom. The quantitative estimate of drug-likeness (QED) is 0.257. The summed E-state index contributed by atoms with van der Waals surface area (Å²) in [6.45, 7) is 0. The number of rotatable bonds is 0. The summed E-state index contributed by atoms with van der Waals surface area (Å²) < 4.78 is 8.68. The van der Waals surface area contributed by atoms with Gasteiger partial charge in [0, 0.05) is 0 Å². The molecule has 0 aromatic carbocycles. The van der Waals surface area contributed by atoms with Crippen molar-refractivity contribution in [3.63, 3.8) is 0 Å². The third-order valence-electron chi connectivity index (χ3n) is 0. The van der Waals surface area contributed by atoms with Gasteiger partial charge in [-0.05, 0) is 0 Å². The molecular formula is H3NNaOP. The summed E-state index contributed by atoms with van der Waals surface area (Å²) in [7, 11) is -0.333. The first-order valence-electron chi connectivity index (χ1n) is 0.441. The van der Waals surface area contributed by atoms with Gasteiger partial charge in [0.1, 0.15) is 0 Å². The van der Waals surface area contributed by atoms with Crippen LogP contribution in [0.2, 0.25) is 0 Å². The standard InChI is InChI=1S/H2NOP.Na.H/c1-3-2;;/h(H2,1,2);;/q;+1;-1. The maximum Gasteiger partial charge on any atom is 1.00 e. The van der Waals surface area contributed by atoms with Crippen molar-refractivity contribution in [1.82, 2.24) is 0 Å². The van der Waals surface area contributed by atoms with Crippen molar-refractivity contribution in [2.45, 2.75) is 0 Å². The van der Waals surface area contributed by atoms with Crippen molar-refractivity contribution in [2.24, 2.45) is 5.50 Å². The van der Waals surface area contributed by atoms with Crippen molar-refractivity contribution in [2.75, 3.05) is 0 Å². The Hall–Kier alpha value is 1.06. The molecule has 2 nitrogen and oxygen atoms in total. The molecular weight excluding hydrogens is 84.0 g/mol. The molecule has 4 heteroatoms. The zero-order chi connectivity index (χ0) is 2.71. The van der Waals surface area contributed by atoms with E-state index in [1.54, 1.807) is 0 Å². The molecule has 20 valence electrons. The molecule has 4 heavy (non-hydrogen) atoms. The summed E-state index contributed by atoms with van der Waals surface area (Å²) in [5.74, 6) is 0. The summed E-state index contributed by atoms with van der Waals surface area (Å²) >= 11 is 0. The average Bonchev–Trinajstić information content (AvgIpc) is 0.918. The van der Waals surface area contributed by atoms with Crippen molar-refractivity contribution in [3.8, 4) is 0 Å². The Labute approximate surface area is 49.8 Å². The second-order valence-corrected chi connectivity index (χ2v) is 0.316. The largest absolute Gasteiger partial charge is 1.00 e. The predicted molar refractivity (Wildman–Crippen MR) is 12.9 cm³/mol. The molecule has 0 aliphatic heterocycles. The molecule has 0 aliphatic rings. The average molecular weight is 87.0 g/mol. The van der Waals surface area contributed by atoms with Crippen molar-refractivity contribution >= 4 is 8.61 Å². The summed E-state index contributed by atoms with van der Waals surface area (Å²) in [5, 5.41) is 0. The Kier molecular flexibility index (Phi) is 19.9. The van der Waals surface area contributed by atoms with Gasteiger partial charge in [-0.2, -0.15) is 0 Å². The van der Waals surface area contributed by atoms with E-state index in [2.05, 4.69) is 5.50 Å². The Morgan fingerprint density at radius 3 is 2.00 bits per heavy atom. The number of nitrogens with two attached hydrogens (primary N) is 1. The smallest absolute Gasteiger partial charge is 1.00 e. The number of hydrogen-bond acceptors (Lipinski definition) is 1. The predicted octanol–water partition coefficient (Wildman–Crippen LogP) is -2.73. The molecule has 0 aromatic rings. The molecule has 0 aromatic heterocycles. The molecule has 0 rings (SSSR count). The third-order valence-corrected chi connectivity index (χ3v) is 0. The topological polar surface area (TPSA) is 43.1 Å². The zero-order valence-corrected chi connectivity index (χ0v) is 5.33. The van der Waals surface area contributed by atoms with E-state index in [9.17, 15) is 0 Å². The van der Waals surface area contributed by atoms with Crippen LogP contribution in [0.1, 0.15) is 1.43 Å². The van der Waals surface area contributed by atoms with Gasteiger partial charge in [-0.25, -0.2) is 0 Å². The van der Waals surface area contributed by atoms with Gasteiger partial charge in [-0.1, -0.05) is 0 Å². The van der Waals surface area contributed by atoms with Gasteiger partial charge in [0.25, 0.3) is 0 Å². The van der Waals surface area contributed by atoms with Crippen LogP contribution in [0, 0.1) is 0 Å². The summed E-state index contributed by atoms with van der Waals surface area (Å²) in [4.78, 5) is 0. The van der Waals surface area contributed by atoms with E-state index in [-0.39, 0.29) is 39.6 Å². The van der Waals surface area contributed by atoms with Gasteiger partial charge in [0.15, 0.2) is 0 Å². The van der Waals surface area contributed by atoms with E-state index in [4.69, 9.17) is 4.57 Å². The first kappa shape index (κ1) is 8.91. The second-order valence-electron chi connectivity index (χ2n) is 0.105. The molecule has 0 aliphatic carbocycles. The van der Waals surface area contributed by atoms with Gasteiger partial charge in [-0.15, -0.1) is 0 Å². The summed E-state index contributed by atoms with van der Waals surface area (Å²) in [5.41, 5.74) is 4.26. The van der Waals surface area contributed by atoms with Crippen molar-refractivity contribution in [1.29, 1.82) is 0 Å². The van der Waals surface area contributed by atoms with Crippen LogP contribution in [0.3, 0.4) is 0 Å². The fourth-order valence-electron chi connectivity index (χ4n) is 0. The van der Waals surface area contributed by atoms with E-state index >= 15 is 0 Å². The number of hydrogen-bond donors (Lipinski definition) is 1. The van der Waals surface area contributed by atoms with Gasteiger partial charge in [0.2, 0.25) is 8.61 Å². The molecule has 0 unspecified atom stereocenters. The maximum absolute atomic E-state index is 8.68. The van der Waals surface area contributed by atoms with E-state index in [0.29, 0.717) is 0 Å². The minimum absolute atomic E-state index is 0. The van der Waals surface area contributed by atoms with Crippen LogP contribution in [-0.4, -0.2) is 0 Å². The molecule has 0 saturated heterocycles. The third kappa shape index (κ3) is 11.6. The summed E-state index contributed by atoms with van der Waals surface area (Å²) in [6, 6.07) is 0. The molecule has 0 spiro atoms. The van der Waals surface area contributed by atoms with Crippen LogP contribution >= 0.6 is 8.61 Å². The van der Waals surface area contributed by atoms with Crippen molar-refractivity contribution < 1.29 is 35.5 Å². The Morgan fingerprint density at radius 2 is 2.00 bits per heavy atom. The molecule has 0 amide bonds. The SMILES string of the molecule is NP=O.[H-].[Na+]. The fourth-order valence-corrected chi connectivity index (χ4v) is 0. The Bertz CT molecular complexity index is 19.1. The van der Waals surface area contributed by atoms with Crippen LogP contribution in [-0.2, 0) is 4.57 Å². The molecule has 0 saturated carbocycles. The van der Waals surface area contributed by atoms with Gasteiger partial charge in [0.05, 0.1) is 0 Å². The van der Waals surface area contributed by atoms with E-state index in [1.807, 2.05) is 0 Å². The zero-order valence-electron chi connectivity index (χ0n) is 3.43. The Balaban J connectivity index is -0.0000000200. The second kappa shape index (κ2) is 8.96. The molecule has 0 radical (unpaired) electrons. The van der Waals surface area contributed by atoms with Crippen molar-refractivity contribution in [3.05, 3.63) is 0 Å². The normalized spacial score (nSPS) is 5.25. The molecule has 0 bridgehead atoms. The van der Waals surface area contributed by atoms with E-state index in [1.165, 1.54) is 0 Å². The van der Waals surface area contributed by atoms with E-state index < -0.39 is 0 Å². The van der Waals surface area contributed by atoms with Gasteiger partial charge in [-0.3, -0.25) is 10.1 Å². The van der Waals surface area contributed by atoms with Crippen LogP contribution in [0.5, 0.6) is 0 Å².